The number of hydrogen-bond donors (Lipinski definition) is 2. The Morgan fingerprint density at radius 2 is 2.09 bits per heavy atom. The fourth-order valence-electron chi connectivity index (χ4n) is 3.90. The second-order valence-corrected chi connectivity index (χ2v) is 8.46. The average molecular weight is 468 g/mol. The number of carboxylic acid groups (broad SMARTS) is 1. The molecule has 0 fully saturated rings. The van der Waals surface area contributed by atoms with E-state index < -0.39 is 11.8 Å². The van der Waals surface area contributed by atoms with Crippen LogP contribution in [0.2, 0.25) is 0 Å². The summed E-state index contributed by atoms with van der Waals surface area (Å²) >= 11 is 1.09. The van der Waals surface area contributed by atoms with Gasteiger partial charge in [-0.3, -0.25) is 4.79 Å². The van der Waals surface area contributed by atoms with Crippen LogP contribution in [0.15, 0.2) is 55.1 Å². The predicted molar refractivity (Wildman–Crippen MR) is 125 cm³/mol. The van der Waals surface area contributed by atoms with Crippen LogP contribution >= 0.6 is 11.3 Å². The first-order valence-electron chi connectivity index (χ1n) is 10.4. The lowest BCUT2D eigenvalue weighted by Gasteiger charge is -2.24. The van der Waals surface area contributed by atoms with E-state index in [1.807, 2.05) is 19.1 Å². The molecule has 1 amide bonds. The van der Waals surface area contributed by atoms with Gasteiger partial charge in [0.05, 0.1) is 12.3 Å². The quantitative estimate of drug-likeness (QED) is 0.416. The second kappa shape index (κ2) is 9.46. The Morgan fingerprint density at radius 1 is 1.27 bits per heavy atom. The van der Waals surface area contributed by atoms with Crippen LogP contribution in [0.5, 0.6) is 11.5 Å². The van der Waals surface area contributed by atoms with Crippen molar-refractivity contribution in [1.82, 2.24) is 0 Å². The number of halogens is 1. The number of fused-ring (bicyclic) bond motifs is 1. The minimum absolute atomic E-state index is 0.0498. The molecule has 2 heterocycles. The van der Waals surface area contributed by atoms with Crippen LogP contribution in [0.25, 0.3) is 11.1 Å². The maximum Gasteiger partial charge on any atom is 0.346 e. The van der Waals surface area contributed by atoms with E-state index in [4.69, 9.17) is 9.47 Å². The largest absolute Gasteiger partial charge is 0.490 e. The monoisotopic (exact) mass is 467 g/mol. The number of ether oxygens (including phenoxy) is 2. The summed E-state index contributed by atoms with van der Waals surface area (Å²) in [5.41, 5.74) is 1.92. The summed E-state index contributed by atoms with van der Waals surface area (Å²) in [6.45, 7) is 6.26. The maximum atomic E-state index is 13.9. The van der Waals surface area contributed by atoms with Crippen molar-refractivity contribution >= 4 is 28.9 Å². The van der Waals surface area contributed by atoms with Crippen molar-refractivity contribution in [2.45, 2.75) is 19.3 Å². The molecule has 0 saturated carbocycles. The van der Waals surface area contributed by atoms with E-state index in [1.54, 1.807) is 18.2 Å². The molecule has 0 spiro atoms. The van der Waals surface area contributed by atoms with Crippen molar-refractivity contribution in [2.24, 2.45) is 0 Å². The van der Waals surface area contributed by atoms with E-state index >= 15 is 0 Å². The predicted octanol–water partition coefficient (Wildman–Crippen LogP) is 5.69. The lowest BCUT2D eigenvalue weighted by atomic mass is 9.88. The summed E-state index contributed by atoms with van der Waals surface area (Å²) in [5, 5.41) is 12.7. The molecule has 4 rings (SSSR count). The third-order valence-corrected chi connectivity index (χ3v) is 6.53. The molecule has 1 atom stereocenters. The third-order valence-electron chi connectivity index (χ3n) is 5.24. The molecule has 2 aromatic carbocycles. The fraction of sp³-hybridized carbons (Fsp3) is 0.200. The molecule has 0 radical (unpaired) electrons. The lowest BCUT2D eigenvalue weighted by molar-refractivity contribution is -0.116. The van der Waals surface area contributed by atoms with Crippen molar-refractivity contribution in [3.63, 3.8) is 0 Å². The Balaban J connectivity index is 1.85. The highest BCUT2D eigenvalue weighted by Gasteiger charge is 2.35. The Kier molecular flexibility index (Phi) is 6.46. The van der Waals surface area contributed by atoms with E-state index in [9.17, 15) is 19.1 Å². The third kappa shape index (κ3) is 4.47. The van der Waals surface area contributed by atoms with Gasteiger partial charge in [-0.25, -0.2) is 9.18 Å². The summed E-state index contributed by atoms with van der Waals surface area (Å²) in [6, 6.07) is 11.1. The molecule has 33 heavy (non-hydrogen) atoms. The number of nitrogens with one attached hydrogen (secondary N) is 1. The maximum absolute atomic E-state index is 13.9. The Hall–Kier alpha value is -3.65. The zero-order chi connectivity index (χ0) is 23.5. The second-order valence-electron chi connectivity index (χ2n) is 7.40. The minimum atomic E-state index is -1.13. The normalized spacial score (nSPS) is 14.8. The van der Waals surface area contributed by atoms with Gasteiger partial charge in [-0.05, 0) is 42.3 Å². The highest BCUT2D eigenvalue weighted by molar-refractivity contribution is 7.15. The van der Waals surface area contributed by atoms with Gasteiger partial charge in [0.15, 0.2) is 11.5 Å². The van der Waals surface area contributed by atoms with Crippen molar-refractivity contribution in [3.05, 3.63) is 76.3 Å². The standard InChI is InChI=1S/C25H22FNO5S/c1-3-10-32-18-9-8-14(12-19(18)31-4-2)17-13-20(28)27-22-21(15-6-5-7-16(26)11-15)24(25(29)30)33-23(17)22/h3,5-9,11-12,17H,1,4,10,13H2,2H3,(H,27,28)(H,29,30)/t17-/m0/s1. The molecule has 6 nitrogen and oxygen atoms in total. The van der Waals surface area contributed by atoms with Crippen LogP contribution in [0.1, 0.15) is 39.4 Å². The van der Waals surface area contributed by atoms with Crippen molar-refractivity contribution in [3.8, 4) is 22.6 Å². The molecule has 8 heteroatoms. The number of rotatable bonds is 8. The molecule has 1 aliphatic heterocycles. The molecule has 0 unspecified atom stereocenters. The number of benzene rings is 2. The van der Waals surface area contributed by atoms with Crippen LogP contribution < -0.4 is 14.8 Å². The number of carbonyl (C=O) groups excluding carboxylic acids is 1. The van der Waals surface area contributed by atoms with Crippen molar-refractivity contribution in [2.75, 3.05) is 18.5 Å². The first kappa shape index (κ1) is 22.5. The summed E-state index contributed by atoms with van der Waals surface area (Å²) in [5.74, 6) is -1.16. The Bertz CT molecular complexity index is 1240. The highest BCUT2D eigenvalue weighted by Crippen LogP contribution is 2.50. The van der Waals surface area contributed by atoms with Gasteiger partial charge >= 0.3 is 5.97 Å². The molecular formula is C25H22FNO5S. The first-order valence-corrected chi connectivity index (χ1v) is 11.2. The van der Waals surface area contributed by atoms with Crippen LogP contribution in [0.3, 0.4) is 0 Å². The van der Waals surface area contributed by atoms with Crippen LogP contribution in [-0.2, 0) is 4.79 Å². The van der Waals surface area contributed by atoms with Crippen molar-refractivity contribution < 1.29 is 28.6 Å². The van der Waals surface area contributed by atoms with Crippen LogP contribution in [0.4, 0.5) is 10.1 Å². The number of anilines is 1. The van der Waals surface area contributed by atoms with E-state index in [1.165, 1.54) is 18.2 Å². The van der Waals surface area contributed by atoms with Gasteiger partial charge in [0.2, 0.25) is 5.91 Å². The van der Waals surface area contributed by atoms with Gasteiger partial charge in [-0.2, -0.15) is 0 Å². The number of carbonyl (C=O) groups is 2. The molecular weight excluding hydrogens is 445 g/mol. The number of thiophene rings is 1. The minimum Gasteiger partial charge on any atom is -0.490 e. The number of hydrogen-bond acceptors (Lipinski definition) is 5. The smallest absolute Gasteiger partial charge is 0.346 e. The molecule has 170 valence electrons. The van der Waals surface area contributed by atoms with E-state index in [0.29, 0.717) is 46.4 Å². The van der Waals surface area contributed by atoms with E-state index in [2.05, 4.69) is 11.9 Å². The molecule has 1 aromatic heterocycles. The molecule has 3 aromatic rings. The average Bonchev–Trinajstić information content (AvgIpc) is 3.17. The van der Waals surface area contributed by atoms with Gasteiger partial charge in [-0.15, -0.1) is 11.3 Å². The van der Waals surface area contributed by atoms with Gasteiger partial charge in [0.1, 0.15) is 17.3 Å². The molecule has 2 N–H and O–H groups in total. The Morgan fingerprint density at radius 3 is 2.79 bits per heavy atom. The van der Waals surface area contributed by atoms with E-state index in [0.717, 1.165) is 16.9 Å². The van der Waals surface area contributed by atoms with E-state index in [-0.39, 0.29) is 23.1 Å². The number of carboxylic acids is 1. The summed E-state index contributed by atoms with van der Waals surface area (Å²) in [7, 11) is 0. The topological polar surface area (TPSA) is 84.9 Å². The SMILES string of the molecule is C=CCOc1ccc([C@@H]2CC(=O)Nc3c2sc(C(=O)O)c3-c2cccc(F)c2)cc1OCC. The highest BCUT2D eigenvalue weighted by atomic mass is 32.1. The van der Waals surface area contributed by atoms with Crippen molar-refractivity contribution in [1.29, 1.82) is 0 Å². The zero-order valence-corrected chi connectivity index (χ0v) is 18.7. The van der Waals surface area contributed by atoms with Gasteiger partial charge < -0.3 is 19.9 Å². The first-order chi connectivity index (χ1) is 15.9. The van der Waals surface area contributed by atoms with Crippen LogP contribution in [0, 0.1) is 5.82 Å². The number of aromatic carboxylic acids is 1. The molecule has 0 saturated heterocycles. The Labute approximate surface area is 194 Å². The molecule has 1 aliphatic rings. The zero-order valence-electron chi connectivity index (χ0n) is 17.9. The fourth-order valence-corrected chi connectivity index (χ4v) is 5.15. The van der Waals surface area contributed by atoms with Gasteiger partial charge in [-0.1, -0.05) is 30.9 Å². The molecule has 0 aliphatic carbocycles. The van der Waals surface area contributed by atoms with Gasteiger partial charge in [0.25, 0.3) is 0 Å². The summed E-state index contributed by atoms with van der Waals surface area (Å²) in [6.07, 6.45) is 1.78. The number of amides is 1. The van der Waals surface area contributed by atoms with Crippen LogP contribution in [-0.4, -0.2) is 30.2 Å². The molecule has 0 bridgehead atoms. The summed E-state index contributed by atoms with van der Waals surface area (Å²) in [4.78, 5) is 25.5. The van der Waals surface area contributed by atoms with Gasteiger partial charge in [0, 0.05) is 22.8 Å². The lowest BCUT2D eigenvalue weighted by Crippen LogP contribution is -2.22. The summed E-state index contributed by atoms with van der Waals surface area (Å²) < 4.78 is 25.3.